The van der Waals surface area contributed by atoms with E-state index in [1.165, 1.54) is 37.5 Å². The summed E-state index contributed by atoms with van der Waals surface area (Å²) in [5.74, 6) is 0.00278. The lowest BCUT2D eigenvalue weighted by molar-refractivity contribution is 0.0627. The van der Waals surface area contributed by atoms with Crippen molar-refractivity contribution >= 4 is 39.2 Å². The summed E-state index contributed by atoms with van der Waals surface area (Å²) >= 11 is 6.01. The number of hydrogen-bond donors (Lipinski definition) is 1. The number of sulfonamides is 1. The van der Waals surface area contributed by atoms with Crippen molar-refractivity contribution < 1.29 is 18.0 Å². The van der Waals surface area contributed by atoms with Gasteiger partial charge in [-0.15, -0.1) is 0 Å². The van der Waals surface area contributed by atoms with Crippen molar-refractivity contribution in [1.29, 1.82) is 0 Å². The van der Waals surface area contributed by atoms with E-state index in [9.17, 15) is 18.0 Å². The average Bonchev–Trinajstić information content (AvgIpc) is 3.64. The number of rotatable bonds is 5. The molecule has 0 radical (unpaired) electrons. The molecule has 1 N–H and O–H groups in total. The number of carbonyl (C=O) groups excluding carboxylic acids is 2. The van der Waals surface area contributed by atoms with E-state index in [0.29, 0.717) is 17.2 Å². The topological polar surface area (TPSA) is 86.8 Å². The van der Waals surface area contributed by atoms with Gasteiger partial charge < -0.3 is 10.2 Å². The van der Waals surface area contributed by atoms with Crippen LogP contribution in [0.5, 0.6) is 0 Å². The van der Waals surface area contributed by atoms with Crippen molar-refractivity contribution in [2.75, 3.05) is 5.32 Å². The lowest BCUT2D eigenvalue weighted by atomic mass is 9.94. The minimum atomic E-state index is -4.09. The number of nitrogens with one attached hydrogen (secondary N) is 1. The lowest BCUT2D eigenvalue weighted by Crippen LogP contribution is -2.43. The summed E-state index contributed by atoms with van der Waals surface area (Å²) in [6.07, 6.45) is 10.2. The first-order chi connectivity index (χ1) is 16.8. The second kappa shape index (κ2) is 9.82. The van der Waals surface area contributed by atoms with Crippen molar-refractivity contribution in [1.82, 2.24) is 9.21 Å². The maximum absolute atomic E-state index is 13.7. The fraction of sp³-hybridized carbons (Fsp3) is 0.462. The Kier molecular flexibility index (Phi) is 6.77. The molecular weight excluding hydrogens is 486 g/mol. The van der Waals surface area contributed by atoms with E-state index in [4.69, 9.17) is 11.6 Å². The molecule has 0 atom stereocenters. The van der Waals surface area contributed by atoms with Crippen molar-refractivity contribution in [3.8, 4) is 0 Å². The molecule has 0 aromatic heterocycles. The molecular formula is C26H30ClN3O4S. The Bertz CT molecular complexity index is 1240. The van der Waals surface area contributed by atoms with Gasteiger partial charge in [-0.05, 0) is 61.6 Å². The molecule has 1 aliphatic heterocycles. The molecule has 2 saturated carbocycles. The molecule has 3 amide bonds. The molecule has 3 aliphatic rings. The summed E-state index contributed by atoms with van der Waals surface area (Å²) in [6, 6.07) is 11.2. The fourth-order valence-corrected chi connectivity index (χ4v) is 6.92. The first-order valence-electron chi connectivity index (χ1n) is 12.4. The Morgan fingerprint density at radius 3 is 2.37 bits per heavy atom. The summed E-state index contributed by atoms with van der Waals surface area (Å²) < 4.78 is 27.2. The van der Waals surface area contributed by atoms with Crippen LogP contribution in [0.1, 0.15) is 73.7 Å². The maximum Gasteiger partial charge on any atom is 0.336 e. The Balaban J connectivity index is 1.39. The molecule has 0 saturated heterocycles. The first-order valence-corrected chi connectivity index (χ1v) is 14.2. The summed E-state index contributed by atoms with van der Waals surface area (Å²) in [5.41, 5.74) is 1.32. The Morgan fingerprint density at radius 1 is 0.971 bits per heavy atom. The van der Waals surface area contributed by atoms with E-state index in [1.807, 2.05) is 0 Å². The van der Waals surface area contributed by atoms with Crippen molar-refractivity contribution in [2.24, 2.45) is 0 Å². The van der Waals surface area contributed by atoms with E-state index in [1.54, 1.807) is 24.3 Å². The number of carbonyl (C=O) groups is 2. The van der Waals surface area contributed by atoms with Gasteiger partial charge in [-0.1, -0.05) is 55.8 Å². The molecule has 2 aliphatic carbocycles. The third-order valence-corrected chi connectivity index (χ3v) is 9.13. The smallest absolute Gasteiger partial charge is 0.333 e. The molecule has 2 fully saturated rings. The maximum atomic E-state index is 13.7. The largest absolute Gasteiger partial charge is 0.336 e. The number of nitrogens with zero attached hydrogens (tertiary/aromatic N) is 2. The van der Waals surface area contributed by atoms with Gasteiger partial charge in [-0.25, -0.2) is 17.5 Å². The second-order valence-electron chi connectivity index (χ2n) is 9.73. The van der Waals surface area contributed by atoms with E-state index in [-0.39, 0.29) is 34.1 Å². The van der Waals surface area contributed by atoms with Crippen LogP contribution in [-0.2, 0) is 16.6 Å². The first kappa shape index (κ1) is 24.1. The highest BCUT2D eigenvalue weighted by atomic mass is 35.5. The van der Waals surface area contributed by atoms with Gasteiger partial charge in [0.05, 0.1) is 12.2 Å². The standard InChI is InChI=1S/C26H30ClN3O4S/c27-20-11-14-23-24(16-20)35(33,34)29(26(32)28-23)17-18-7-6-8-19(15-18)25(31)30(22-12-13-22)21-9-4-2-1-3-5-10-21/h6-8,11,14-16,21-22H,1-5,9-10,12-13,17H2,(H,28,32). The molecule has 1 heterocycles. The summed E-state index contributed by atoms with van der Waals surface area (Å²) in [7, 11) is -4.09. The highest BCUT2D eigenvalue weighted by Gasteiger charge is 2.39. The van der Waals surface area contributed by atoms with Gasteiger partial charge in [0, 0.05) is 22.7 Å². The van der Waals surface area contributed by atoms with Gasteiger partial charge in [0.15, 0.2) is 0 Å². The Hall–Kier alpha value is -2.58. The Morgan fingerprint density at radius 2 is 1.66 bits per heavy atom. The van der Waals surface area contributed by atoms with Crippen molar-refractivity contribution in [2.45, 2.75) is 81.3 Å². The molecule has 186 valence electrons. The van der Waals surface area contributed by atoms with Crippen LogP contribution in [0.25, 0.3) is 0 Å². The van der Waals surface area contributed by atoms with Crippen LogP contribution in [0.4, 0.5) is 10.5 Å². The van der Waals surface area contributed by atoms with Crippen LogP contribution in [0.2, 0.25) is 5.02 Å². The van der Waals surface area contributed by atoms with Crippen LogP contribution in [0.15, 0.2) is 47.4 Å². The monoisotopic (exact) mass is 515 g/mol. The molecule has 0 spiro atoms. The molecule has 9 heteroatoms. The number of urea groups is 1. The molecule has 0 bridgehead atoms. The van der Waals surface area contributed by atoms with Crippen molar-refractivity contribution in [3.63, 3.8) is 0 Å². The zero-order valence-corrected chi connectivity index (χ0v) is 21.2. The molecule has 7 nitrogen and oxygen atoms in total. The molecule has 2 aromatic rings. The number of hydrogen-bond acceptors (Lipinski definition) is 4. The number of anilines is 1. The van der Waals surface area contributed by atoms with Gasteiger partial charge in [0.2, 0.25) is 0 Å². The predicted octanol–water partition coefficient (Wildman–Crippen LogP) is 5.79. The van der Waals surface area contributed by atoms with Gasteiger partial charge in [0.1, 0.15) is 4.90 Å². The normalized spacial score (nSPS) is 20.4. The number of amides is 3. The Labute approximate surface area is 211 Å². The third-order valence-electron chi connectivity index (χ3n) is 7.12. The van der Waals surface area contributed by atoms with E-state index in [0.717, 1.165) is 42.8 Å². The van der Waals surface area contributed by atoms with E-state index < -0.39 is 16.1 Å². The summed E-state index contributed by atoms with van der Waals surface area (Å²) in [6.45, 7) is -0.173. The summed E-state index contributed by atoms with van der Waals surface area (Å²) in [5, 5.41) is 2.89. The zero-order chi connectivity index (χ0) is 24.6. The third kappa shape index (κ3) is 5.05. The lowest BCUT2D eigenvalue weighted by Gasteiger charge is -2.33. The van der Waals surface area contributed by atoms with E-state index >= 15 is 0 Å². The van der Waals surface area contributed by atoms with Crippen LogP contribution < -0.4 is 5.32 Å². The minimum Gasteiger partial charge on any atom is -0.333 e. The predicted molar refractivity (Wildman–Crippen MR) is 135 cm³/mol. The van der Waals surface area contributed by atoms with Crippen LogP contribution in [-0.4, -0.2) is 41.6 Å². The number of halogens is 1. The number of benzene rings is 2. The van der Waals surface area contributed by atoms with Crippen LogP contribution in [0.3, 0.4) is 0 Å². The molecule has 5 rings (SSSR count). The van der Waals surface area contributed by atoms with Gasteiger partial charge in [-0.3, -0.25) is 4.79 Å². The minimum absolute atomic E-state index is 0.00278. The van der Waals surface area contributed by atoms with Crippen molar-refractivity contribution in [3.05, 3.63) is 58.6 Å². The second-order valence-corrected chi connectivity index (χ2v) is 12.0. The van der Waals surface area contributed by atoms with E-state index in [2.05, 4.69) is 10.2 Å². The highest BCUT2D eigenvalue weighted by Crippen LogP contribution is 2.35. The summed E-state index contributed by atoms with van der Waals surface area (Å²) in [4.78, 5) is 28.4. The van der Waals surface area contributed by atoms with Crippen LogP contribution in [0, 0.1) is 0 Å². The molecule has 0 unspecified atom stereocenters. The fourth-order valence-electron chi connectivity index (χ4n) is 5.19. The average molecular weight is 516 g/mol. The van der Waals surface area contributed by atoms with Crippen LogP contribution >= 0.6 is 11.6 Å². The highest BCUT2D eigenvalue weighted by molar-refractivity contribution is 7.90. The molecule has 35 heavy (non-hydrogen) atoms. The zero-order valence-electron chi connectivity index (χ0n) is 19.6. The quantitative estimate of drug-likeness (QED) is 0.545. The number of fused-ring (bicyclic) bond motifs is 1. The SMILES string of the molecule is O=C(c1cccc(CN2C(=O)Nc3ccc(Cl)cc3S2(=O)=O)c1)N(C1CCCCCCC1)C1CC1. The van der Waals surface area contributed by atoms with Gasteiger partial charge in [0.25, 0.3) is 15.9 Å². The van der Waals surface area contributed by atoms with Gasteiger partial charge in [-0.2, -0.15) is 0 Å². The van der Waals surface area contributed by atoms with Gasteiger partial charge >= 0.3 is 6.03 Å². The molecule has 2 aromatic carbocycles.